The summed E-state index contributed by atoms with van der Waals surface area (Å²) in [7, 11) is 0. The predicted octanol–water partition coefficient (Wildman–Crippen LogP) is 2.58. The van der Waals surface area contributed by atoms with E-state index in [2.05, 4.69) is 16.3 Å². The number of hydrogen-bond acceptors (Lipinski definition) is 3. The zero-order valence-corrected chi connectivity index (χ0v) is 14.2. The minimum Gasteiger partial charge on any atom is -0.380 e. The van der Waals surface area contributed by atoms with Gasteiger partial charge >= 0.3 is 0 Å². The van der Waals surface area contributed by atoms with Gasteiger partial charge in [0.15, 0.2) is 0 Å². The Morgan fingerprint density at radius 1 is 1.30 bits per heavy atom. The van der Waals surface area contributed by atoms with Crippen molar-refractivity contribution in [2.45, 2.75) is 44.2 Å². The molecule has 3 rings (SSSR count). The first-order valence-electron chi connectivity index (χ1n) is 8.53. The molecular formula is C18H25ClN2O2. The highest BCUT2D eigenvalue weighted by Gasteiger charge is 2.41. The van der Waals surface area contributed by atoms with Gasteiger partial charge in [0, 0.05) is 18.1 Å². The Kier molecular flexibility index (Phi) is 5.24. The molecule has 2 aliphatic rings. The minimum atomic E-state index is -1.08. The normalized spacial score (nSPS) is 21.7. The molecule has 1 saturated carbocycles. The Labute approximate surface area is 142 Å². The Morgan fingerprint density at radius 2 is 2.00 bits per heavy atom. The van der Waals surface area contributed by atoms with Crippen LogP contribution in [0.5, 0.6) is 0 Å². The zero-order valence-electron chi connectivity index (χ0n) is 13.4. The van der Waals surface area contributed by atoms with Gasteiger partial charge in [-0.15, -0.1) is 0 Å². The standard InChI is InChI=1S/C18H25ClN2O2/c19-16-5-2-1-4-15(16)13-21-10-6-14(7-11-21)12-20-17(22)18(23)8-3-9-18/h1-2,4-5,14,23H,3,6-13H2,(H,20,22). The summed E-state index contributed by atoms with van der Waals surface area (Å²) < 4.78 is 0. The maximum Gasteiger partial charge on any atom is 0.251 e. The highest BCUT2D eigenvalue weighted by Crippen LogP contribution is 2.31. The van der Waals surface area contributed by atoms with Gasteiger partial charge in [0.1, 0.15) is 5.60 Å². The lowest BCUT2D eigenvalue weighted by molar-refractivity contribution is -0.148. The second-order valence-corrected chi connectivity index (χ2v) is 7.31. The molecule has 0 unspecified atom stereocenters. The van der Waals surface area contributed by atoms with Crippen LogP contribution in [0.25, 0.3) is 0 Å². The van der Waals surface area contributed by atoms with E-state index in [0.29, 0.717) is 25.3 Å². The fraction of sp³-hybridized carbons (Fsp3) is 0.611. The molecular weight excluding hydrogens is 312 g/mol. The van der Waals surface area contributed by atoms with E-state index in [4.69, 9.17) is 11.6 Å². The highest BCUT2D eigenvalue weighted by atomic mass is 35.5. The van der Waals surface area contributed by atoms with Crippen LogP contribution in [-0.4, -0.2) is 41.1 Å². The number of nitrogens with one attached hydrogen (secondary N) is 1. The molecule has 2 N–H and O–H groups in total. The number of hydrogen-bond donors (Lipinski definition) is 2. The van der Waals surface area contributed by atoms with Crippen molar-refractivity contribution in [3.8, 4) is 0 Å². The van der Waals surface area contributed by atoms with Crippen molar-refractivity contribution in [1.82, 2.24) is 10.2 Å². The molecule has 0 aromatic heterocycles. The average Bonchev–Trinajstić information content (AvgIpc) is 2.54. The molecule has 4 nitrogen and oxygen atoms in total. The quantitative estimate of drug-likeness (QED) is 0.869. The van der Waals surface area contributed by atoms with Gasteiger partial charge in [-0.3, -0.25) is 9.69 Å². The van der Waals surface area contributed by atoms with Crippen molar-refractivity contribution < 1.29 is 9.90 Å². The van der Waals surface area contributed by atoms with E-state index in [-0.39, 0.29) is 5.91 Å². The highest BCUT2D eigenvalue weighted by molar-refractivity contribution is 6.31. The van der Waals surface area contributed by atoms with Crippen molar-refractivity contribution in [3.05, 3.63) is 34.9 Å². The van der Waals surface area contributed by atoms with Crippen LogP contribution in [0.2, 0.25) is 5.02 Å². The second-order valence-electron chi connectivity index (χ2n) is 6.91. The minimum absolute atomic E-state index is 0.178. The average molecular weight is 337 g/mol. The molecule has 2 fully saturated rings. The Balaban J connectivity index is 1.40. The number of rotatable bonds is 5. The third-order valence-electron chi connectivity index (χ3n) is 5.21. The summed E-state index contributed by atoms with van der Waals surface area (Å²) in [5.41, 5.74) is 0.0956. The first-order valence-corrected chi connectivity index (χ1v) is 8.91. The molecule has 126 valence electrons. The summed E-state index contributed by atoms with van der Waals surface area (Å²) in [6.45, 7) is 3.62. The van der Waals surface area contributed by atoms with Crippen molar-refractivity contribution >= 4 is 17.5 Å². The van der Waals surface area contributed by atoms with Crippen LogP contribution in [0.1, 0.15) is 37.7 Å². The van der Waals surface area contributed by atoms with Gasteiger partial charge in [0.2, 0.25) is 0 Å². The second kappa shape index (κ2) is 7.20. The fourth-order valence-electron chi connectivity index (χ4n) is 3.36. The van der Waals surface area contributed by atoms with Crippen LogP contribution >= 0.6 is 11.6 Å². The van der Waals surface area contributed by atoms with Crippen molar-refractivity contribution in [2.75, 3.05) is 19.6 Å². The zero-order chi connectivity index (χ0) is 16.3. The number of amides is 1. The topological polar surface area (TPSA) is 52.6 Å². The molecule has 1 heterocycles. The molecule has 23 heavy (non-hydrogen) atoms. The summed E-state index contributed by atoms with van der Waals surface area (Å²) in [5.74, 6) is 0.326. The molecule has 0 radical (unpaired) electrons. The van der Waals surface area contributed by atoms with Gasteiger partial charge in [0.25, 0.3) is 5.91 Å². The maximum atomic E-state index is 11.9. The largest absolute Gasteiger partial charge is 0.380 e. The van der Waals surface area contributed by atoms with Crippen LogP contribution < -0.4 is 5.32 Å². The number of likely N-dealkylation sites (tertiary alicyclic amines) is 1. The molecule has 0 spiro atoms. The fourth-order valence-corrected chi connectivity index (χ4v) is 3.55. The van der Waals surface area contributed by atoms with Gasteiger partial charge in [-0.05, 0) is 62.7 Å². The Hall–Kier alpha value is -1.10. The van der Waals surface area contributed by atoms with E-state index in [1.54, 1.807) is 0 Å². The molecule has 1 aromatic carbocycles. The van der Waals surface area contributed by atoms with E-state index in [0.717, 1.165) is 43.9 Å². The molecule has 1 aromatic rings. The van der Waals surface area contributed by atoms with E-state index < -0.39 is 5.60 Å². The van der Waals surface area contributed by atoms with Gasteiger partial charge in [-0.1, -0.05) is 29.8 Å². The van der Waals surface area contributed by atoms with Gasteiger partial charge in [-0.25, -0.2) is 0 Å². The summed E-state index contributed by atoms with van der Waals surface area (Å²) in [6.07, 6.45) is 4.31. The lowest BCUT2D eigenvalue weighted by atomic mass is 9.79. The molecule has 1 aliphatic heterocycles. The molecule has 5 heteroatoms. The molecule has 0 bridgehead atoms. The third kappa shape index (κ3) is 4.06. The van der Waals surface area contributed by atoms with Gasteiger partial charge < -0.3 is 10.4 Å². The van der Waals surface area contributed by atoms with Crippen LogP contribution in [0, 0.1) is 5.92 Å². The predicted molar refractivity (Wildman–Crippen MR) is 91.3 cm³/mol. The monoisotopic (exact) mass is 336 g/mol. The molecule has 0 atom stereocenters. The Bertz CT molecular complexity index is 552. The van der Waals surface area contributed by atoms with Gasteiger partial charge in [0.05, 0.1) is 0 Å². The lowest BCUT2D eigenvalue weighted by Crippen LogP contribution is -2.52. The number of piperidine rings is 1. The van der Waals surface area contributed by atoms with E-state index >= 15 is 0 Å². The van der Waals surface area contributed by atoms with E-state index in [1.807, 2.05) is 18.2 Å². The lowest BCUT2D eigenvalue weighted by Gasteiger charge is -2.36. The number of aliphatic hydroxyl groups is 1. The number of nitrogens with zero attached hydrogens (tertiary/aromatic N) is 1. The third-order valence-corrected chi connectivity index (χ3v) is 5.58. The van der Waals surface area contributed by atoms with Crippen LogP contribution in [0.4, 0.5) is 0 Å². The SMILES string of the molecule is O=C(NCC1CCN(Cc2ccccc2Cl)CC1)C1(O)CCC1. The first-order chi connectivity index (χ1) is 11.1. The smallest absolute Gasteiger partial charge is 0.251 e. The number of halogens is 1. The molecule has 1 saturated heterocycles. The van der Waals surface area contributed by atoms with Crippen molar-refractivity contribution in [1.29, 1.82) is 0 Å². The summed E-state index contributed by atoms with van der Waals surface area (Å²) in [6, 6.07) is 7.99. The number of carbonyl (C=O) groups is 1. The molecule has 1 amide bonds. The maximum absolute atomic E-state index is 11.9. The number of benzene rings is 1. The van der Waals surface area contributed by atoms with Crippen molar-refractivity contribution in [2.24, 2.45) is 5.92 Å². The van der Waals surface area contributed by atoms with Crippen molar-refractivity contribution in [3.63, 3.8) is 0 Å². The molecule has 1 aliphatic carbocycles. The van der Waals surface area contributed by atoms with Crippen LogP contribution in [0.15, 0.2) is 24.3 Å². The first kappa shape index (κ1) is 16.7. The van der Waals surface area contributed by atoms with Crippen LogP contribution in [0.3, 0.4) is 0 Å². The van der Waals surface area contributed by atoms with E-state index in [1.165, 1.54) is 5.56 Å². The summed E-state index contributed by atoms with van der Waals surface area (Å²) >= 11 is 6.22. The summed E-state index contributed by atoms with van der Waals surface area (Å²) in [5, 5.41) is 13.8. The Morgan fingerprint density at radius 3 is 2.61 bits per heavy atom. The number of carbonyl (C=O) groups excluding carboxylic acids is 1. The summed E-state index contributed by atoms with van der Waals surface area (Å²) in [4.78, 5) is 14.4. The van der Waals surface area contributed by atoms with Crippen LogP contribution in [-0.2, 0) is 11.3 Å². The van der Waals surface area contributed by atoms with Gasteiger partial charge in [-0.2, -0.15) is 0 Å². The van der Waals surface area contributed by atoms with E-state index in [9.17, 15) is 9.90 Å².